The highest BCUT2D eigenvalue weighted by Gasteiger charge is 1.65. The molecule has 0 amide bonds. The Kier molecular flexibility index (Phi) is 46.7. The van der Waals surface area contributed by atoms with Crippen molar-refractivity contribution in [1.82, 2.24) is 0 Å². The second-order valence-electron chi connectivity index (χ2n) is 0.238. The summed E-state index contributed by atoms with van der Waals surface area (Å²) in [6.07, 6.45) is 0. The third-order valence-electron chi connectivity index (χ3n) is 0. The molecule has 0 rings (SSSR count). The van der Waals surface area contributed by atoms with Gasteiger partial charge in [-0.3, -0.25) is 15.2 Å². The Morgan fingerprint density at radius 1 is 1.43 bits per heavy atom. The van der Waals surface area contributed by atoms with Gasteiger partial charge in [0.25, 0.3) is 5.09 Å². The van der Waals surface area contributed by atoms with Gasteiger partial charge in [-0.15, -0.1) is 10.1 Å². The Bertz CT molecular complexity index is 31.1. The molecule has 7 heavy (non-hydrogen) atoms. The van der Waals surface area contributed by atoms with Gasteiger partial charge in [0, 0.05) is 0 Å². The average molecular weight is 117 g/mol. The van der Waals surface area contributed by atoms with Crippen molar-refractivity contribution in [3.8, 4) is 0 Å². The molecule has 0 heterocycles. The van der Waals surface area contributed by atoms with E-state index in [2.05, 4.69) is 0 Å². The van der Waals surface area contributed by atoms with E-state index in [4.69, 9.17) is 25.8 Å². The monoisotopic (exact) mass is 117 g/mol. The number of rotatable bonds is 0. The summed E-state index contributed by atoms with van der Waals surface area (Å²) in [5.41, 5.74) is 0. The molecule has 0 aromatic rings. The van der Waals surface area contributed by atoms with Gasteiger partial charge >= 0.3 is 0 Å². The van der Waals surface area contributed by atoms with Crippen LogP contribution in [0.3, 0.4) is 0 Å². The van der Waals surface area contributed by atoms with E-state index < -0.39 is 5.09 Å². The van der Waals surface area contributed by atoms with Crippen molar-refractivity contribution < 1.29 is 25.5 Å². The maximum absolute atomic E-state index is 8.36. The Morgan fingerprint density at radius 2 is 1.43 bits per heavy atom. The molecule has 0 fully saturated rings. The SMILES string of the molecule is F.O=[N+]([O-])O.OO. The molecule has 7 heteroatoms. The standard InChI is InChI=1S/FH.HNO3.H2O2/c;2-1(3)4;1-2/h1H;(H,2,3,4);1-2H. The molecule has 0 aromatic heterocycles. The zero-order valence-electron chi connectivity index (χ0n) is 3.01. The lowest BCUT2D eigenvalue weighted by molar-refractivity contribution is -0.742. The summed E-state index contributed by atoms with van der Waals surface area (Å²) < 4.78 is 0. The summed E-state index contributed by atoms with van der Waals surface area (Å²) in [7, 11) is 0. The first-order chi connectivity index (χ1) is 2.73. The minimum absolute atomic E-state index is 0. The molecule has 3 N–H and O–H groups in total. The lowest BCUT2D eigenvalue weighted by Gasteiger charge is -1.56. The summed E-state index contributed by atoms with van der Waals surface area (Å²) in [5.74, 6) is 0. The number of halogens is 1. The maximum Gasteiger partial charge on any atom is 0.291 e. The molecule has 0 spiro atoms. The second kappa shape index (κ2) is 19.7. The highest BCUT2D eigenvalue weighted by molar-refractivity contribution is 3.83. The van der Waals surface area contributed by atoms with Gasteiger partial charge in [-0.2, -0.15) is 0 Å². The van der Waals surface area contributed by atoms with Crippen LogP contribution in [0.5, 0.6) is 0 Å². The van der Waals surface area contributed by atoms with Crippen molar-refractivity contribution in [3.63, 3.8) is 0 Å². The van der Waals surface area contributed by atoms with Crippen molar-refractivity contribution >= 4 is 0 Å². The van der Waals surface area contributed by atoms with E-state index in [1.165, 1.54) is 0 Å². The van der Waals surface area contributed by atoms with Gasteiger partial charge in [-0.25, -0.2) is 0 Å². The molecule has 0 aliphatic rings. The van der Waals surface area contributed by atoms with Gasteiger partial charge in [-0.05, 0) is 0 Å². The van der Waals surface area contributed by atoms with Gasteiger partial charge in [0.05, 0.1) is 0 Å². The molecule has 46 valence electrons. The van der Waals surface area contributed by atoms with E-state index in [-0.39, 0.29) is 4.70 Å². The maximum atomic E-state index is 8.36. The Balaban J connectivity index is -0.0000000480. The van der Waals surface area contributed by atoms with E-state index in [1.807, 2.05) is 0 Å². The summed E-state index contributed by atoms with van der Waals surface area (Å²) in [5, 5.41) is 25.6. The topological polar surface area (TPSA) is 104 Å². The van der Waals surface area contributed by atoms with Gasteiger partial charge in [0.2, 0.25) is 0 Å². The van der Waals surface area contributed by atoms with Gasteiger partial charge < -0.3 is 5.21 Å². The number of hydrogen-bond donors (Lipinski definition) is 3. The minimum atomic E-state index is -1.50. The van der Waals surface area contributed by atoms with Crippen LogP contribution >= 0.6 is 0 Å². The highest BCUT2D eigenvalue weighted by atomic mass is 19.0. The van der Waals surface area contributed by atoms with E-state index >= 15 is 0 Å². The number of nitrogens with zero attached hydrogens (tertiary/aromatic N) is 1. The summed E-state index contributed by atoms with van der Waals surface area (Å²) in [6, 6.07) is 0. The first-order valence-electron chi connectivity index (χ1n) is 0.765. The van der Waals surface area contributed by atoms with Crippen molar-refractivity contribution in [2.24, 2.45) is 0 Å². The molecule has 0 radical (unpaired) electrons. The Hall–Kier alpha value is -0.950. The molecule has 0 unspecified atom stereocenters. The van der Waals surface area contributed by atoms with Crippen molar-refractivity contribution in [2.75, 3.05) is 0 Å². The molecule has 0 aliphatic carbocycles. The fourth-order valence-corrected chi connectivity index (χ4v) is 0. The molecule has 0 bridgehead atoms. The second-order valence-corrected chi connectivity index (χ2v) is 0.238. The minimum Gasteiger partial charge on any atom is -0.328 e. The quantitative estimate of drug-likeness (QED) is 0.232. The first kappa shape index (κ1) is 16.6. The fourth-order valence-electron chi connectivity index (χ4n) is 0. The molecule has 0 atom stereocenters. The average Bonchev–Trinajstić information content (AvgIpc) is 1.41. The van der Waals surface area contributed by atoms with E-state index in [9.17, 15) is 0 Å². The van der Waals surface area contributed by atoms with Gasteiger partial charge in [-0.1, -0.05) is 0 Å². The smallest absolute Gasteiger partial charge is 0.291 e. The normalized spacial score (nSPS) is 4.29. The molecule has 0 saturated carbocycles. The van der Waals surface area contributed by atoms with Crippen molar-refractivity contribution in [3.05, 3.63) is 10.1 Å². The van der Waals surface area contributed by atoms with E-state index in [0.29, 0.717) is 0 Å². The van der Waals surface area contributed by atoms with Crippen molar-refractivity contribution in [1.29, 1.82) is 0 Å². The third-order valence-corrected chi connectivity index (χ3v) is 0. The van der Waals surface area contributed by atoms with Crippen molar-refractivity contribution in [2.45, 2.75) is 0 Å². The summed E-state index contributed by atoms with van der Waals surface area (Å²) in [4.78, 5) is 8.36. The van der Waals surface area contributed by atoms with E-state index in [0.717, 1.165) is 0 Å². The van der Waals surface area contributed by atoms with Crippen LogP contribution in [0, 0.1) is 10.1 Å². The lowest BCUT2D eigenvalue weighted by atomic mass is 13.1. The van der Waals surface area contributed by atoms with Gasteiger partial charge in [0.1, 0.15) is 0 Å². The zero-order chi connectivity index (χ0) is 5.58. The Labute approximate surface area is 37.0 Å². The highest BCUT2D eigenvalue weighted by Crippen LogP contribution is 1.38. The molecular formula is H4FNO5. The zero-order valence-corrected chi connectivity index (χ0v) is 3.01. The van der Waals surface area contributed by atoms with Crippen LogP contribution in [-0.4, -0.2) is 20.8 Å². The van der Waals surface area contributed by atoms with Crippen LogP contribution in [0.25, 0.3) is 0 Å². The first-order valence-corrected chi connectivity index (χ1v) is 0.765. The molecule has 0 saturated heterocycles. The molecule has 6 nitrogen and oxygen atoms in total. The summed E-state index contributed by atoms with van der Waals surface area (Å²) >= 11 is 0. The lowest BCUT2D eigenvalue weighted by Crippen LogP contribution is -1.81. The fraction of sp³-hybridized carbons (Fsp3) is 0. The van der Waals surface area contributed by atoms with Crippen LogP contribution in [0.15, 0.2) is 0 Å². The predicted octanol–water partition coefficient (Wildman–Crippen LogP) is -0.178. The predicted molar refractivity (Wildman–Crippen MR) is 16.5 cm³/mol. The van der Waals surface area contributed by atoms with Crippen LogP contribution in [0.2, 0.25) is 0 Å². The van der Waals surface area contributed by atoms with Crippen LogP contribution in [0.1, 0.15) is 0 Å². The molecular weight excluding hydrogens is 113 g/mol. The van der Waals surface area contributed by atoms with Crippen LogP contribution in [-0.2, 0) is 0 Å². The largest absolute Gasteiger partial charge is 0.328 e. The third kappa shape index (κ3) is 52.1. The van der Waals surface area contributed by atoms with Gasteiger partial charge in [0.15, 0.2) is 0 Å². The summed E-state index contributed by atoms with van der Waals surface area (Å²) in [6.45, 7) is 0. The molecule has 0 aromatic carbocycles. The number of hydrogen-bond acceptors (Lipinski definition) is 4. The van der Waals surface area contributed by atoms with Crippen LogP contribution in [0.4, 0.5) is 4.70 Å². The Morgan fingerprint density at radius 3 is 1.43 bits per heavy atom. The van der Waals surface area contributed by atoms with E-state index in [1.54, 1.807) is 0 Å². The van der Waals surface area contributed by atoms with Crippen LogP contribution < -0.4 is 0 Å². The molecule has 0 aliphatic heterocycles.